The predicted octanol–water partition coefficient (Wildman–Crippen LogP) is 4.19. The van der Waals surface area contributed by atoms with E-state index >= 15 is 0 Å². The second-order valence-corrected chi connectivity index (χ2v) is 7.41. The number of carbonyl (C=O) groups is 1. The lowest BCUT2D eigenvalue weighted by molar-refractivity contribution is 0.0775. The highest BCUT2D eigenvalue weighted by atomic mass is 79.9. The van der Waals surface area contributed by atoms with Crippen LogP contribution in [-0.2, 0) is 0 Å². The maximum Gasteiger partial charge on any atom is 0.255 e. The average Bonchev–Trinajstić information content (AvgIpc) is 2.56. The van der Waals surface area contributed by atoms with E-state index in [2.05, 4.69) is 31.9 Å². The van der Waals surface area contributed by atoms with Gasteiger partial charge >= 0.3 is 0 Å². The van der Waals surface area contributed by atoms with Gasteiger partial charge in [-0.25, -0.2) is 0 Å². The second kappa shape index (κ2) is 7.21. The van der Waals surface area contributed by atoms with Crippen LogP contribution in [0.1, 0.15) is 10.4 Å². The Balaban J connectivity index is 2.85. The van der Waals surface area contributed by atoms with Gasteiger partial charge in [0.2, 0.25) is 0 Å². The molecule has 0 atom stereocenters. The Bertz CT molecular complexity index is 366. The molecule has 0 saturated heterocycles. The van der Waals surface area contributed by atoms with Crippen LogP contribution in [0.25, 0.3) is 0 Å². The first kappa shape index (κ1) is 14.8. The summed E-state index contributed by atoms with van der Waals surface area (Å²) in [6.45, 7) is 1.01. The fourth-order valence-electron chi connectivity index (χ4n) is 1.18. The Labute approximate surface area is 125 Å². The molecule has 1 aromatic heterocycles. The Morgan fingerprint density at radius 1 is 1.31 bits per heavy atom. The average molecular weight is 410 g/mol. The maximum absolute atomic E-state index is 12.1. The SMILES string of the molecule is O=C(c1cc(Br)sc1Br)N(CCCl)CCCl. The summed E-state index contributed by atoms with van der Waals surface area (Å²) in [4.78, 5) is 13.8. The zero-order chi connectivity index (χ0) is 12.1. The van der Waals surface area contributed by atoms with Crippen molar-refractivity contribution in [3.05, 3.63) is 19.2 Å². The lowest BCUT2D eigenvalue weighted by Gasteiger charge is -2.20. The minimum absolute atomic E-state index is 0.0462. The van der Waals surface area contributed by atoms with Crippen molar-refractivity contribution in [2.45, 2.75) is 0 Å². The van der Waals surface area contributed by atoms with Gasteiger partial charge in [0.15, 0.2) is 0 Å². The summed E-state index contributed by atoms with van der Waals surface area (Å²) >= 11 is 19.5. The van der Waals surface area contributed by atoms with Gasteiger partial charge in [0, 0.05) is 24.8 Å². The third-order valence-electron chi connectivity index (χ3n) is 1.88. The number of hydrogen-bond donors (Lipinski definition) is 0. The van der Waals surface area contributed by atoms with Crippen molar-refractivity contribution >= 4 is 72.3 Å². The van der Waals surface area contributed by atoms with E-state index in [-0.39, 0.29) is 5.91 Å². The lowest BCUT2D eigenvalue weighted by Crippen LogP contribution is -2.34. The molecule has 0 saturated carbocycles. The molecule has 0 aliphatic rings. The van der Waals surface area contributed by atoms with Gasteiger partial charge < -0.3 is 4.90 Å². The van der Waals surface area contributed by atoms with Gasteiger partial charge in [0.25, 0.3) is 5.91 Å². The molecule has 7 heteroatoms. The summed E-state index contributed by atoms with van der Waals surface area (Å²) in [7, 11) is 0. The molecule has 1 heterocycles. The van der Waals surface area contributed by atoms with E-state index in [1.807, 2.05) is 0 Å². The number of rotatable bonds is 5. The first-order chi connectivity index (χ1) is 7.60. The summed E-state index contributed by atoms with van der Waals surface area (Å²) in [6, 6.07) is 1.80. The van der Waals surface area contributed by atoms with Crippen LogP contribution in [0.2, 0.25) is 0 Å². The molecule has 2 nitrogen and oxygen atoms in total. The quantitative estimate of drug-likeness (QED) is 0.667. The van der Waals surface area contributed by atoms with Crippen LogP contribution in [-0.4, -0.2) is 35.7 Å². The molecule has 0 aliphatic carbocycles. The molecule has 0 spiro atoms. The number of thiophene rings is 1. The Morgan fingerprint density at radius 3 is 2.25 bits per heavy atom. The van der Waals surface area contributed by atoms with Crippen molar-refractivity contribution in [3.8, 4) is 0 Å². The number of hydrogen-bond acceptors (Lipinski definition) is 2. The third-order valence-corrected chi connectivity index (χ3v) is 4.56. The van der Waals surface area contributed by atoms with Crippen molar-refractivity contribution in [1.29, 1.82) is 0 Å². The fraction of sp³-hybridized carbons (Fsp3) is 0.444. The molecule has 0 aliphatic heterocycles. The fourth-order valence-corrected chi connectivity index (χ4v) is 4.36. The summed E-state index contributed by atoms with van der Waals surface area (Å²) in [6.07, 6.45) is 0. The second-order valence-electron chi connectivity index (χ2n) is 2.91. The zero-order valence-corrected chi connectivity index (χ0v) is 13.7. The van der Waals surface area contributed by atoms with E-state index in [1.165, 1.54) is 11.3 Å². The summed E-state index contributed by atoms with van der Waals surface area (Å²) < 4.78 is 1.73. The van der Waals surface area contributed by atoms with E-state index in [4.69, 9.17) is 23.2 Å². The van der Waals surface area contributed by atoms with Crippen molar-refractivity contribution in [2.24, 2.45) is 0 Å². The number of nitrogens with zero attached hydrogens (tertiary/aromatic N) is 1. The minimum Gasteiger partial charge on any atom is -0.336 e. The van der Waals surface area contributed by atoms with Gasteiger partial charge in [0.1, 0.15) is 0 Å². The molecular formula is C9H9Br2Cl2NOS. The smallest absolute Gasteiger partial charge is 0.255 e. The van der Waals surface area contributed by atoms with Crippen LogP contribution < -0.4 is 0 Å². The van der Waals surface area contributed by atoms with Gasteiger partial charge in [-0.2, -0.15) is 0 Å². The molecular weight excluding hydrogens is 401 g/mol. The predicted molar refractivity (Wildman–Crippen MR) is 77.1 cm³/mol. The molecule has 0 aromatic carbocycles. The van der Waals surface area contributed by atoms with E-state index in [0.29, 0.717) is 30.4 Å². The third kappa shape index (κ3) is 3.88. The molecule has 16 heavy (non-hydrogen) atoms. The van der Waals surface area contributed by atoms with Gasteiger partial charge in [-0.05, 0) is 37.9 Å². The van der Waals surface area contributed by atoms with Crippen molar-refractivity contribution in [1.82, 2.24) is 4.90 Å². The van der Waals surface area contributed by atoms with Crippen LogP contribution in [0.3, 0.4) is 0 Å². The van der Waals surface area contributed by atoms with Crippen LogP contribution in [0, 0.1) is 0 Å². The highest BCUT2D eigenvalue weighted by molar-refractivity contribution is 9.12. The van der Waals surface area contributed by atoms with E-state index in [1.54, 1.807) is 11.0 Å². The van der Waals surface area contributed by atoms with Crippen LogP contribution in [0.5, 0.6) is 0 Å². The maximum atomic E-state index is 12.1. The first-order valence-corrected chi connectivity index (χ1v) is 7.93. The zero-order valence-electron chi connectivity index (χ0n) is 8.18. The molecule has 1 amide bonds. The standard InChI is InChI=1S/C9H9Br2Cl2NOS/c10-7-5-6(8(11)16-7)9(15)14(3-1-12)4-2-13/h5H,1-4H2. The van der Waals surface area contributed by atoms with Crippen LogP contribution in [0.15, 0.2) is 13.6 Å². The summed E-state index contributed by atoms with van der Waals surface area (Å²) in [5.41, 5.74) is 0.645. The van der Waals surface area contributed by atoms with Crippen molar-refractivity contribution in [3.63, 3.8) is 0 Å². The number of halogens is 4. The normalized spacial score (nSPS) is 10.5. The van der Waals surface area contributed by atoms with Crippen molar-refractivity contribution in [2.75, 3.05) is 24.8 Å². The Hall–Kier alpha value is 0.710. The number of alkyl halides is 2. The molecule has 1 aromatic rings. The first-order valence-electron chi connectivity index (χ1n) is 4.46. The summed E-state index contributed by atoms with van der Waals surface area (Å²) in [5.74, 6) is 0.770. The van der Waals surface area contributed by atoms with Gasteiger partial charge in [-0.3, -0.25) is 4.79 Å². The van der Waals surface area contributed by atoms with Crippen molar-refractivity contribution < 1.29 is 4.79 Å². The Morgan fingerprint density at radius 2 is 1.88 bits per heavy atom. The highest BCUT2D eigenvalue weighted by Crippen LogP contribution is 2.32. The largest absolute Gasteiger partial charge is 0.336 e. The highest BCUT2D eigenvalue weighted by Gasteiger charge is 2.19. The molecule has 0 bridgehead atoms. The molecule has 1 rings (SSSR count). The van der Waals surface area contributed by atoms with Gasteiger partial charge in [-0.15, -0.1) is 34.5 Å². The topological polar surface area (TPSA) is 20.3 Å². The monoisotopic (exact) mass is 407 g/mol. The van der Waals surface area contributed by atoms with E-state index < -0.39 is 0 Å². The van der Waals surface area contributed by atoms with Gasteiger partial charge in [-0.1, -0.05) is 0 Å². The summed E-state index contributed by atoms with van der Waals surface area (Å²) in [5, 5.41) is 0. The number of amides is 1. The molecule has 0 unspecified atom stereocenters. The molecule has 0 radical (unpaired) electrons. The van der Waals surface area contributed by atoms with E-state index in [9.17, 15) is 4.79 Å². The van der Waals surface area contributed by atoms with Gasteiger partial charge in [0.05, 0.1) is 13.1 Å². The molecule has 0 N–H and O–H groups in total. The molecule has 0 fully saturated rings. The number of carbonyl (C=O) groups excluding carboxylic acids is 1. The van der Waals surface area contributed by atoms with E-state index in [0.717, 1.165) is 7.57 Å². The lowest BCUT2D eigenvalue weighted by atomic mass is 10.3. The Kier molecular flexibility index (Phi) is 6.66. The van der Waals surface area contributed by atoms with Crippen LogP contribution in [0.4, 0.5) is 0 Å². The molecule has 90 valence electrons. The minimum atomic E-state index is -0.0462. The van der Waals surface area contributed by atoms with Crippen LogP contribution >= 0.6 is 66.4 Å².